The first-order valence-corrected chi connectivity index (χ1v) is 10.7. The maximum atomic E-state index is 13.1. The predicted octanol–water partition coefficient (Wildman–Crippen LogP) is 0.560. The van der Waals surface area contributed by atoms with Gasteiger partial charge in [0.1, 0.15) is 11.5 Å². The number of morpholine rings is 1. The van der Waals surface area contributed by atoms with Gasteiger partial charge < -0.3 is 19.4 Å². The molecular weight excluding hydrogens is 410 g/mol. The second-order valence-corrected chi connectivity index (χ2v) is 7.76. The minimum atomic E-state index is -0.100. The predicted molar refractivity (Wildman–Crippen MR) is 117 cm³/mol. The lowest BCUT2D eigenvalue weighted by Gasteiger charge is -2.35. The number of aromatic nitrogens is 6. The minimum absolute atomic E-state index is 0.100. The maximum absolute atomic E-state index is 13.1. The average molecular weight is 435 g/mol. The standard InChI is InChI=1S/C21H25N9O2/c1-16-24-18(14-19(25-16)30-4-2-3-23-30)21(31)29-7-5-28(6-8-29)20-13-17(15-22-26-20)27-9-11-32-12-10-27/h2-4,13-15H,5-12H2,1H3. The number of carbonyl (C=O) groups excluding carboxylic acids is 1. The molecule has 11 heteroatoms. The van der Waals surface area contributed by atoms with Crippen LogP contribution in [-0.4, -0.2) is 93.2 Å². The fourth-order valence-electron chi connectivity index (χ4n) is 3.98. The van der Waals surface area contributed by atoms with Crippen LogP contribution in [0.4, 0.5) is 11.5 Å². The normalized spacial score (nSPS) is 17.0. The van der Waals surface area contributed by atoms with Crippen LogP contribution in [0.15, 0.2) is 36.8 Å². The van der Waals surface area contributed by atoms with E-state index in [9.17, 15) is 4.79 Å². The van der Waals surface area contributed by atoms with Gasteiger partial charge in [-0.15, -0.1) is 5.10 Å². The maximum Gasteiger partial charge on any atom is 0.272 e. The molecule has 5 rings (SSSR count). The highest BCUT2D eigenvalue weighted by Gasteiger charge is 2.25. The van der Waals surface area contributed by atoms with Gasteiger partial charge in [0.2, 0.25) is 0 Å². The van der Waals surface area contributed by atoms with Crippen LogP contribution in [0.5, 0.6) is 0 Å². The molecule has 166 valence electrons. The lowest BCUT2D eigenvalue weighted by atomic mass is 10.2. The summed E-state index contributed by atoms with van der Waals surface area (Å²) in [6.45, 7) is 7.48. The Balaban J connectivity index is 1.26. The van der Waals surface area contributed by atoms with Gasteiger partial charge in [-0.2, -0.15) is 10.2 Å². The molecule has 2 fully saturated rings. The van der Waals surface area contributed by atoms with Crippen LogP contribution in [0, 0.1) is 6.92 Å². The number of aryl methyl sites for hydroxylation is 1. The number of ether oxygens (including phenoxy) is 1. The van der Waals surface area contributed by atoms with Gasteiger partial charge in [-0.1, -0.05) is 0 Å². The Labute approximate surface area is 185 Å². The third-order valence-electron chi connectivity index (χ3n) is 5.68. The van der Waals surface area contributed by atoms with E-state index in [-0.39, 0.29) is 5.91 Å². The van der Waals surface area contributed by atoms with Crippen molar-refractivity contribution in [3.8, 4) is 5.82 Å². The third-order valence-corrected chi connectivity index (χ3v) is 5.68. The van der Waals surface area contributed by atoms with Crippen molar-refractivity contribution in [1.82, 2.24) is 34.8 Å². The molecule has 0 aromatic carbocycles. The first-order valence-electron chi connectivity index (χ1n) is 10.7. The highest BCUT2D eigenvalue weighted by molar-refractivity contribution is 5.92. The van der Waals surface area contributed by atoms with E-state index < -0.39 is 0 Å². The van der Waals surface area contributed by atoms with Crippen LogP contribution in [0.25, 0.3) is 5.82 Å². The van der Waals surface area contributed by atoms with E-state index in [1.165, 1.54) is 0 Å². The van der Waals surface area contributed by atoms with E-state index in [2.05, 4.69) is 41.1 Å². The zero-order chi connectivity index (χ0) is 21.9. The van der Waals surface area contributed by atoms with Crippen LogP contribution in [0.2, 0.25) is 0 Å². The SMILES string of the molecule is Cc1nc(C(=O)N2CCN(c3cc(N4CCOCC4)cnn3)CC2)cc(-n2cccn2)n1. The molecule has 2 aliphatic heterocycles. The molecule has 2 aliphatic rings. The fraction of sp³-hybridized carbons (Fsp3) is 0.429. The molecular formula is C21H25N9O2. The molecule has 0 spiro atoms. The fourth-order valence-corrected chi connectivity index (χ4v) is 3.98. The zero-order valence-electron chi connectivity index (χ0n) is 18.0. The van der Waals surface area contributed by atoms with E-state index in [4.69, 9.17) is 4.74 Å². The number of hydrogen-bond donors (Lipinski definition) is 0. The van der Waals surface area contributed by atoms with Crippen molar-refractivity contribution in [2.45, 2.75) is 6.92 Å². The monoisotopic (exact) mass is 435 g/mol. The number of anilines is 2. The highest BCUT2D eigenvalue weighted by atomic mass is 16.5. The highest BCUT2D eigenvalue weighted by Crippen LogP contribution is 2.21. The average Bonchev–Trinajstić information content (AvgIpc) is 3.39. The zero-order valence-corrected chi connectivity index (χ0v) is 18.0. The number of amides is 1. The Kier molecular flexibility index (Phi) is 5.63. The van der Waals surface area contributed by atoms with Crippen LogP contribution >= 0.6 is 0 Å². The lowest BCUT2D eigenvalue weighted by Crippen LogP contribution is -2.49. The topological polar surface area (TPSA) is 105 Å². The van der Waals surface area contributed by atoms with Crippen molar-refractivity contribution in [2.24, 2.45) is 0 Å². The van der Waals surface area contributed by atoms with Gasteiger partial charge in [0.05, 0.1) is 25.1 Å². The summed E-state index contributed by atoms with van der Waals surface area (Å²) in [7, 11) is 0. The molecule has 0 bridgehead atoms. The molecule has 3 aromatic heterocycles. The summed E-state index contributed by atoms with van der Waals surface area (Å²) < 4.78 is 7.06. The van der Waals surface area contributed by atoms with E-state index in [1.807, 2.05) is 11.0 Å². The summed E-state index contributed by atoms with van der Waals surface area (Å²) in [5.74, 6) is 1.85. The molecule has 0 unspecified atom stereocenters. The van der Waals surface area contributed by atoms with Gasteiger partial charge in [0.25, 0.3) is 5.91 Å². The molecule has 32 heavy (non-hydrogen) atoms. The molecule has 0 atom stereocenters. The summed E-state index contributed by atoms with van der Waals surface area (Å²) in [5, 5.41) is 12.7. The van der Waals surface area contributed by atoms with E-state index >= 15 is 0 Å². The molecule has 0 radical (unpaired) electrons. The van der Waals surface area contributed by atoms with Gasteiger partial charge in [-0.05, 0) is 13.0 Å². The van der Waals surface area contributed by atoms with Gasteiger partial charge in [-0.3, -0.25) is 4.79 Å². The van der Waals surface area contributed by atoms with Gasteiger partial charge in [0, 0.05) is 63.8 Å². The van der Waals surface area contributed by atoms with Crippen molar-refractivity contribution in [1.29, 1.82) is 0 Å². The Morgan fingerprint density at radius 2 is 1.78 bits per heavy atom. The molecule has 0 saturated carbocycles. The number of carbonyl (C=O) groups is 1. The van der Waals surface area contributed by atoms with Crippen LogP contribution in [-0.2, 0) is 4.74 Å². The van der Waals surface area contributed by atoms with Crippen molar-refractivity contribution in [3.63, 3.8) is 0 Å². The van der Waals surface area contributed by atoms with Crippen LogP contribution in [0.1, 0.15) is 16.3 Å². The summed E-state index contributed by atoms with van der Waals surface area (Å²) in [4.78, 5) is 28.1. The number of piperazine rings is 1. The first kappa shape index (κ1) is 20.3. The molecule has 1 amide bonds. The molecule has 0 N–H and O–H groups in total. The van der Waals surface area contributed by atoms with E-state index in [1.54, 1.807) is 36.3 Å². The number of rotatable bonds is 4. The number of hydrogen-bond acceptors (Lipinski definition) is 9. The van der Waals surface area contributed by atoms with Crippen molar-refractivity contribution in [3.05, 3.63) is 48.3 Å². The Morgan fingerprint density at radius 1 is 0.969 bits per heavy atom. The van der Waals surface area contributed by atoms with Crippen molar-refractivity contribution >= 4 is 17.4 Å². The lowest BCUT2D eigenvalue weighted by molar-refractivity contribution is 0.0740. The van der Waals surface area contributed by atoms with E-state index in [0.717, 1.165) is 37.8 Å². The smallest absolute Gasteiger partial charge is 0.272 e. The van der Waals surface area contributed by atoms with Crippen LogP contribution < -0.4 is 9.80 Å². The second-order valence-electron chi connectivity index (χ2n) is 7.76. The molecule has 3 aromatic rings. The largest absolute Gasteiger partial charge is 0.378 e. The Morgan fingerprint density at radius 3 is 2.53 bits per heavy atom. The van der Waals surface area contributed by atoms with Gasteiger partial charge >= 0.3 is 0 Å². The third kappa shape index (κ3) is 4.24. The summed E-state index contributed by atoms with van der Waals surface area (Å²) in [6, 6.07) is 5.57. The molecule has 11 nitrogen and oxygen atoms in total. The quantitative estimate of drug-likeness (QED) is 0.581. The Hall–Kier alpha value is -3.60. The minimum Gasteiger partial charge on any atom is -0.378 e. The number of nitrogens with zero attached hydrogens (tertiary/aromatic N) is 9. The summed E-state index contributed by atoms with van der Waals surface area (Å²) in [6.07, 6.45) is 5.26. The second kappa shape index (κ2) is 8.87. The summed E-state index contributed by atoms with van der Waals surface area (Å²) in [5.41, 5.74) is 1.44. The summed E-state index contributed by atoms with van der Waals surface area (Å²) >= 11 is 0. The van der Waals surface area contributed by atoms with Gasteiger partial charge in [0.15, 0.2) is 11.6 Å². The molecule has 2 saturated heterocycles. The van der Waals surface area contributed by atoms with E-state index in [0.29, 0.717) is 43.5 Å². The first-order chi connectivity index (χ1) is 15.7. The molecule has 5 heterocycles. The van der Waals surface area contributed by atoms with Gasteiger partial charge in [-0.25, -0.2) is 14.6 Å². The molecule has 0 aliphatic carbocycles. The Bertz CT molecular complexity index is 1070. The van der Waals surface area contributed by atoms with Crippen molar-refractivity contribution in [2.75, 3.05) is 62.3 Å². The van der Waals surface area contributed by atoms with Crippen molar-refractivity contribution < 1.29 is 9.53 Å². The van der Waals surface area contributed by atoms with Crippen LogP contribution in [0.3, 0.4) is 0 Å².